The van der Waals surface area contributed by atoms with Crippen LogP contribution in [0.1, 0.15) is 341 Å². The lowest BCUT2D eigenvalue weighted by atomic mass is 10.0. The number of aliphatic hydroxyl groups is 2. The smallest absolute Gasteiger partial charge is 0.305 e. The molecule has 0 saturated carbocycles. The van der Waals surface area contributed by atoms with Crippen molar-refractivity contribution in [3.63, 3.8) is 0 Å². The minimum absolute atomic E-state index is 0.0201. The third-order valence-corrected chi connectivity index (χ3v) is 14.5. The van der Waals surface area contributed by atoms with Crippen LogP contribution in [0.25, 0.3) is 0 Å². The van der Waals surface area contributed by atoms with Crippen molar-refractivity contribution in [2.45, 2.75) is 353 Å². The van der Waals surface area contributed by atoms with Gasteiger partial charge in [0.1, 0.15) is 0 Å². The summed E-state index contributed by atoms with van der Waals surface area (Å²) >= 11 is 0. The van der Waals surface area contributed by atoms with E-state index >= 15 is 0 Å². The fourth-order valence-corrected chi connectivity index (χ4v) is 9.75. The van der Waals surface area contributed by atoms with Gasteiger partial charge < -0.3 is 20.3 Å². The van der Waals surface area contributed by atoms with Crippen LogP contribution in [0.2, 0.25) is 0 Å². The molecule has 2 unspecified atom stereocenters. The SMILES string of the molecule is CCCCCCCCCCCCCCCCCCCCCCCCCCCC(O)C(CO)NC(=O)CCCCCCCC/C=C\C=C/CCCCCOC(=O)CCCCCCCCCCCCCC. The van der Waals surface area contributed by atoms with Crippen molar-refractivity contribution >= 4 is 11.9 Å². The third-order valence-electron chi connectivity index (χ3n) is 14.5. The maximum atomic E-state index is 12.5. The fourth-order valence-electron chi connectivity index (χ4n) is 9.75. The summed E-state index contributed by atoms with van der Waals surface area (Å²) in [6, 6.07) is -0.559. The number of rotatable bonds is 58. The first-order valence-electron chi connectivity index (χ1n) is 31.1. The van der Waals surface area contributed by atoms with Gasteiger partial charge in [-0.15, -0.1) is 0 Å². The van der Waals surface area contributed by atoms with Gasteiger partial charge in [-0.05, 0) is 57.8 Å². The van der Waals surface area contributed by atoms with Crippen molar-refractivity contribution in [1.82, 2.24) is 5.32 Å². The van der Waals surface area contributed by atoms with Crippen LogP contribution in [0, 0.1) is 0 Å². The van der Waals surface area contributed by atoms with Crippen LogP contribution in [0.5, 0.6) is 0 Å². The van der Waals surface area contributed by atoms with Gasteiger partial charge in [-0.2, -0.15) is 0 Å². The van der Waals surface area contributed by atoms with E-state index in [0.29, 0.717) is 25.9 Å². The van der Waals surface area contributed by atoms with Crippen molar-refractivity contribution in [3.05, 3.63) is 24.3 Å². The maximum absolute atomic E-state index is 12.5. The average Bonchev–Trinajstić information content (AvgIpc) is 3.35. The van der Waals surface area contributed by atoms with Crippen molar-refractivity contribution in [1.29, 1.82) is 0 Å². The Labute approximate surface area is 431 Å². The summed E-state index contributed by atoms with van der Waals surface area (Å²) < 4.78 is 5.44. The Morgan fingerprint density at radius 2 is 0.710 bits per heavy atom. The zero-order chi connectivity index (χ0) is 50.0. The van der Waals surface area contributed by atoms with Crippen molar-refractivity contribution < 1.29 is 24.5 Å². The third kappa shape index (κ3) is 55.5. The lowest BCUT2D eigenvalue weighted by Crippen LogP contribution is -2.45. The lowest BCUT2D eigenvalue weighted by molar-refractivity contribution is -0.143. The second-order valence-corrected chi connectivity index (χ2v) is 21.4. The molecule has 6 nitrogen and oxygen atoms in total. The average molecular weight is 973 g/mol. The van der Waals surface area contributed by atoms with Gasteiger partial charge in [0.25, 0.3) is 0 Å². The van der Waals surface area contributed by atoms with Crippen LogP contribution in [0.15, 0.2) is 24.3 Å². The molecule has 1 amide bonds. The van der Waals surface area contributed by atoms with Gasteiger partial charge in [0.2, 0.25) is 5.91 Å². The second kappa shape index (κ2) is 58.9. The highest BCUT2D eigenvalue weighted by atomic mass is 16.5. The molecule has 0 aromatic heterocycles. The Bertz CT molecular complexity index is 1080. The van der Waals surface area contributed by atoms with Gasteiger partial charge >= 0.3 is 5.97 Å². The Hall–Kier alpha value is -1.66. The predicted molar refractivity (Wildman–Crippen MR) is 301 cm³/mol. The molecule has 0 rings (SSSR count). The molecule has 2 atom stereocenters. The number of hydrogen-bond acceptors (Lipinski definition) is 5. The molecule has 408 valence electrons. The number of amides is 1. The summed E-state index contributed by atoms with van der Waals surface area (Å²) in [4.78, 5) is 24.5. The number of carbonyl (C=O) groups excluding carboxylic acids is 2. The van der Waals surface area contributed by atoms with E-state index in [-0.39, 0.29) is 18.5 Å². The van der Waals surface area contributed by atoms with Crippen molar-refractivity contribution in [2.75, 3.05) is 13.2 Å². The van der Waals surface area contributed by atoms with Crippen LogP contribution in [-0.2, 0) is 14.3 Å². The summed E-state index contributed by atoms with van der Waals surface area (Å²) in [5, 5.41) is 23.4. The van der Waals surface area contributed by atoms with Crippen LogP contribution in [0.3, 0.4) is 0 Å². The van der Waals surface area contributed by atoms with E-state index < -0.39 is 12.1 Å². The minimum atomic E-state index is -0.680. The molecule has 0 aromatic rings. The van der Waals surface area contributed by atoms with E-state index in [1.54, 1.807) is 0 Å². The number of hydrogen-bond donors (Lipinski definition) is 3. The van der Waals surface area contributed by atoms with E-state index in [1.165, 1.54) is 231 Å². The summed E-state index contributed by atoms with van der Waals surface area (Å²) in [6.45, 7) is 4.92. The molecule has 0 aliphatic carbocycles. The normalized spacial score (nSPS) is 12.7. The summed E-state index contributed by atoms with van der Waals surface area (Å²) in [5.41, 5.74) is 0. The molecule has 0 aromatic carbocycles. The van der Waals surface area contributed by atoms with Crippen LogP contribution < -0.4 is 5.32 Å². The Balaban J connectivity index is 3.49. The largest absolute Gasteiger partial charge is 0.466 e. The van der Waals surface area contributed by atoms with E-state index in [9.17, 15) is 19.8 Å². The highest BCUT2D eigenvalue weighted by Crippen LogP contribution is 2.18. The molecular formula is C63H121NO5. The first-order valence-corrected chi connectivity index (χ1v) is 31.1. The highest BCUT2D eigenvalue weighted by molar-refractivity contribution is 5.76. The molecule has 6 heteroatoms. The van der Waals surface area contributed by atoms with Crippen LogP contribution in [0.4, 0.5) is 0 Å². The number of ether oxygens (including phenoxy) is 1. The number of aliphatic hydroxyl groups excluding tert-OH is 2. The molecule has 0 bridgehead atoms. The van der Waals surface area contributed by atoms with E-state index in [0.717, 1.165) is 77.0 Å². The maximum Gasteiger partial charge on any atom is 0.305 e. The molecule has 3 N–H and O–H groups in total. The highest BCUT2D eigenvalue weighted by Gasteiger charge is 2.20. The number of allylic oxidation sites excluding steroid dienone is 4. The summed E-state index contributed by atoms with van der Waals surface area (Å²) in [6.07, 6.45) is 71.9. The zero-order valence-electron chi connectivity index (χ0n) is 46.6. The Kier molecular flexibility index (Phi) is 57.5. The van der Waals surface area contributed by atoms with Gasteiger partial charge in [0.15, 0.2) is 0 Å². The van der Waals surface area contributed by atoms with Gasteiger partial charge in [0, 0.05) is 12.8 Å². The minimum Gasteiger partial charge on any atom is -0.466 e. The monoisotopic (exact) mass is 972 g/mol. The molecular weight excluding hydrogens is 851 g/mol. The molecule has 0 heterocycles. The quantitative estimate of drug-likeness (QED) is 0.0321. The topological polar surface area (TPSA) is 95.9 Å². The Morgan fingerprint density at radius 1 is 0.406 bits per heavy atom. The van der Waals surface area contributed by atoms with E-state index in [4.69, 9.17) is 4.74 Å². The van der Waals surface area contributed by atoms with Crippen molar-refractivity contribution in [2.24, 2.45) is 0 Å². The fraction of sp³-hybridized carbons (Fsp3) is 0.905. The molecule has 0 aliphatic rings. The standard InChI is InChI=1S/C63H121NO5/c1-3-5-7-9-11-13-15-17-18-19-20-21-22-23-24-25-26-27-29-32-35-39-43-47-51-55-61(66)60(59-65)64-62(67)56-52-48-44-40-36-33-30-28-31-34-38-42-46-50-54-58-69-63(68)57-53-49-45-41-37-16-14-12-10-8-6-4-2/h28,31,34,38,60-61,65-66H,3-27,29-30,32-33,35-37,39-59H2,1-2H3,(H,64,67)/b31-28-,38-34-. The van der Waals surface area contributed by atoms with Gasteiger partial charge in [-0.25, -0.2) is 0 Å². The lowest BCUT2D eigenvalue weighted by Gasteiger charge is -2.22. The molecule has 69 heavy (non-hydrogen) atoms. The van der Waals surface area contributed by atoms with Gasteiger partial charge in [-0.1, -0.05) is 295 Å². The first-order chi connectivity index (χ1) is 34.0. The summed E-state index contributed by atoms with van der Waals surface area (Å²) in [7, 11) is 0. The number of carbonyl (C=O) groups is 2. The molecule has 0 spiro atoms. The van der Waals surface area contributed by atoms with Crippen molar-refractivity contribution in [3.8, 4) is 0 Å². The van der Waals surface area contributed by atoms with Gasteiger partial charge in [-0.3, -0.25) is 9.59 Å². The van der Waals surface area contributed by atoms with Crippen LogP contribution in [-0.4, -0.2) is 47.4 Å². The Morgan fingerprint density at radius 3 is 1.07 bits per heavy atom. The number of unbranched alkanes of at least 4 members (excludes halogenated alkanes) is 44. The molecule has 0 aliphatic heterocycles. The van der Waals surface area contributed by atoms with E-state index in [2.05, 4.69) is 43.5 Å². The number of nitrogens with one attached hydrogen (secondary N) is 1. The van der Waals surface area contributed by atoms with E-state index in [1.807, 2.05) is 0 Å². The summed E-state index contributed by atoms with van der Waals surface area (Å²) in [5.74, 6) is -0.0738. The zero-order valence-corrected chi connectivity index (χ0v) is 46.6. The van der Waals surface area contributed by atoms with Gasteiger partial charge in [0.05, 0.1) is 25.4 Å². The second-order valence-electron chi connectivity index (χ2n) is 21.4. The number of esters is 1. The first kappa shape index (κ1) is 67.3. The molecule has 0 saturated heterocycles. The molecule has 0 radical (unpaired) electrons. The predicted octanol–water partition coefficient (Wildman–Crippen LogP) is 19.4. The van der Waals surface area contributed by atoms with Crippen LogP contribution >= 0.6 is 0 Å². The molecule has 0 fully saturated rings.